The summed E-state index contributed by atoms with van der Waals surface area (Å²) in [6, 6.07) is 13.4. The van der Waals surface area contributed by atoms with E-state index in [1.54, 1.807) is 16.7 Å². The van der Waals surface area contributed by atoms with E-state index in [0.29, 0.717) is 32.5 Å². The Labute approximate surface area is 166 Å². The lowest BCUT2D eigenvalue weighted by molar-refractivity contribution is -0.130. The molecule has 0 bridgehead atoms. The van der Waals surface area contributed by atoms with Crippen LogP contribution in [0.15, 0.2) is 54.9 Å². The fraction of sp³-hybridized carbons (Fsp3) is 0.429. The number of likely N-dealkylation sites (tertiary alicyclic amines) is 1. The van der Waals surface area contributed by atoms with Gasteiger partial charge in [0.15, 0.2) is 0 Å². The van der Waals surface area contributed by atoms with Gasteiger partial charge < -0.3 is 4.90 Å². The highest BCUT2D eigenvalue weighted by atomic mass is 32.2. The molecule has 1 aromatic carbocycles. The fourth-order valence-corrected chi connectivity index (χ4v) is 5.72. The Morgan fingerprint density at radius 1 is 1.11 bits per heavy atom. The molecule has 0 radical (unpaired) electrons. The number of aromatic nitrogens is 1. The van der Waals surface area contributed by atoms with Crippen molar-refractivity contribution < 1.29 is 13.2 Å². The van der Waals surface area contributed by atoms with Crippen LogP contribution in [0.1, 0.15) is 23.6 Å². The van der Waals surface area contributed by atoms with Gasteiger partial charge in [0.25, 0.3) is 0 Å². The molecule has 3 atom stereocenters. The van der Waals surface area contributed by atoms with E-state index in [2.05, 4.69) is 4.98 Å². The highest BCUT2D eigenvalue weighted by molar-refractivity contribution is 7.88. The van der Waals surface area contributed by atoms with Crippen molar-refractivity contribution in [2.24, 2.45) is 11.8 Å². The number of carbonyl (C=O) groups is 1. The van der Waals surface area contributed by atoms with Crippen LogP contribution in [0.2, 0.25) is 0 Å². The van der Waals surface area contributed by atoms with Crippen LogP contribution in [-0.2, 0) is 21.2 Å². The molecular weight excluding hydrogens is 374 g/mol. The molecule has 7 heteroatoms. The Bertz CT molecular complexity index is 934. The number of amides is 1. The van der Waals surface area contributed by atoms with Crippen molar-refractivity contribution in [1.82, 2.24) is 14.2 Å². The first-order valence-corrected chi connectivity index (χ1v) is 11.5. The summed E-state index contributed by atoms with van der Waals surface area (Å²) >= 11 is 0. The number of rotatable bonds is 5. The summed E-state index contributed by atoms with van der Waals surface area (Å²) in [5.41, 5.74) is 2.06. The number of carbonyl (C=O) groups excluding carboxylic acids is 1. The predicted octanol–water partition coefficient (Wildman–Crippen LogP) is 2.11. The van der Waals surface area contributed by atoms with E-state index in [1.165, 1.54) is 6.26 Å². The number of sulfonamides is 1. The summed E-state index contributed by atoms with van der Waals surface area (Å²) in [5, 5.41) is 0. The van der Waals surface area contributed by atoms with Gasteiger partial charge in [-0.25, -0.2) is 8.42 Å². The Hall–Kier alpha value is -2.25. The molecule has 3 heterocycles. The van der Waals surface area contributed by atoms with Crippen molar-refractivity contribution in [3.05, 3.63) is 66.0 Å². The quantitative estimate of drug-likeness (QED) is 0.772. The number of aryl methyl sites for hydroxylation is 1. The molecule has 6 nitrogen and oxygen atoms in total. The van der Waals surface area contributed by atoms with Crippen molar-refractivity contribution in [2.45, 2.75) is 18.9 Å². The summed E-state index contributed by atoms with van der Waals surface area (Å²) in [4.78, 5) is 18.8. The molecule has 1 aromatic heterocycles. The average Bonchev–Trinajstić information content (AvgIpc) is 3.25. The molecule has 0 aliphatic carbocycles. The van der Waals surface area contributed by atoms with Crippen LogP contribution in [0.4, 0.5) is 0 Å². The van der Waals surface area contributed by atoms with Crippen LogP contribution >= 0.6 is 0 Å². The molecule has 4 rings (SSSR count). The maximum Gasteiger partial charge on any atom is 0.222 e. The Kier molecular flexibility index (Phi) is 5.21. The van der Waals surface area contributed by atoms with Crippen molar-refractivity contribution in [2.75, 3.05) is 25.9 Å². The molecule has 2 aliphatic rings. The van der Waals surface area contributed by atoms with Crippen molar-refractivity contribution >= 4 is 15.9 Å². The van der Waals surface area contributed by atoms with Gasteiger partial charge in [-0.1, -0.05) is 36.4 Å². The van der Waals surface area contributed by atoms with Crippen LogP contribution in [0, 0.1) is 11.8 Å². The molecule has 2 aromatic rings. The third-order valence-electron chi connectivity index (χ3n) is 5.89. The molecule has 1 amide bonds. The van der Waals surface area contributed by atoms with E-state index in [-0.39, 0.29) is 23.8 Å². The summed E-state index contributed by atoms with van der Waals surface area (Å²) in [7, 11) is -3.30. The normalized spacial score (nSPS) is 25.0. The summed E-state index contributed by atoms with van der Waals surface area (Å²) in [5.74, 6) is 0.456. The van der Waals surface area contributed by atoms with E-state index in [1.807, 2.05) is 47.4 Å². The number of nitrogens with zero attached hydrogens (tertiary/aromatic N) is 3. The van der Waals surface area contributed by atoms with Gasteiger partial charge in [0.05, 0.1) is 12.3 Å². The van der Waals surface area contributed by atoms with E-state index in [4.69, 9.17) is 0 Å². The van der Waals surface area contributed by atoms with Crippen LogP contribution < -0.4 is 0 Å². The van der Waals surface area contributed by atoms with Crippen molar-refractivity contribution in [3.8, 4) is 0 Å². The minimum atomic E-state index is -3.30. The lowest BCUT2D eigenvalue weighted by Crippen LogP contribution is -2.37. The summed E-state index contributed by atoms with van der Waals surface area (Å²) in [6.07, 6.45) is 5.93. The van der Waals surface area contributed by atoms with Crippen LogP contribution in [0.3, 0.4) is 0 Å². The predicted molar refractivity (Wildman–Crippen MR) is 107 cm³/mol. The standard InChI is InChI=1S/C21H25N3O3S/c1-28(26,27)24-14-18-13-23(20(25)10-9-16-6-5-11-22-12-16)15-19(18)21(24)17-7-3-2-4-8-17/h2-8,11-12,18-19,21H,9-10,13-15H2,1H3/t18-,19-,21+/m1/s1. The molecule has 28 heavy (non-hydrogen) atoms. The summed E-state index contributed by atoms with van der Waals surface area (Å²) < 4.78 is 26.3. The number of fused-ring (bicyclic) bond motifs is 1. The third kappa shape index (κ3) is 3.82. The fourth-order valence-electron chi connectivity index (χ4n) is 4.57. The number of benzene rings is 1. The van der Waals surface area contributed by atoms with Crippen molar-refractivity contribution in [1.29, 1.82) is 0 Å². The molecule has 0 unspecified atom stereocenters. The van der Waals surface area contributed by atoms with Crippen LogP contribution in [-0.4, -0.2) is 54.4 Å². The molecule has 2 fully saturated rings. The molecule has 148 valence electrons. The van der Waals surface area contributed by atoms with E-state index in [0.717, 1.165) is 11.1 Å². The third-order valence-corrected chi connectivity index (χ3v) is 7.12. The Morgan fingerprint density at radius 2 is 1.89 bits per heavy atom. The molecule has 0 N–H and O–H groups in total. The smallest absolute Gasteiger partial charge is 0.222 e. The highest BCUT2D eigenvalue weighted by Crippen LogP contribution is 2.46. The van der Waals surface area contributed by atoms with E-state index < -0.39 is 10.0 Å². The average molecular weight is 400 g/mol. The number of pyridine rings is 1. The zero-order chi connectivity index (χ0) is 19.7. The van der Waals surface area contributed by atoms with Crippen LogP contribution in [0.25, 0.3) is 0 Å². The second-order valence-corrected chi connectivity index (χ2v) is 9.71. The second kappa shape index (κ2) is 7.64. The SMILES string of the molecule is CS(=O)(=O)N1C[C@H]2CN(C(=O)CCc3cccnc3)C[C@H]2[C@@H]1c1ccccc1. The minimum absolute atomic E-state index is 0.135. The van der Waals surface area contributed by atoms with E-state index in [9.17, 15) is 13.2 Å². The zero-order valence-electron chi connectivity index (χ0n) is 15.9. The Balaban J connectivity index is 1.48. The van der Waals surface area contributed by atoms with Gasteiger partial charge >= 0.3 is 0 Å². The van der Waals surface area contributed by atoms with Gasteiger partial charge in [-0.15, -0.1) is 0 Å². The number of hydrogen-bond acceptors (Lipinski definition) is 4. The zero-order valence-corrected chi connectivity index (χ0v) is 16.8. The maximum atomic E-state index is 12.7. The van der Waals surface area contributed by atoms with Gasteiger partial charge in [-0.2, -0.15) is 4.31 Å². The van der Waals surface area contributed by atoms with Gasteiger partial charge in [-0.05, 0) is 29.5 Å². The monoisotopic (exact) mass is 399 g/mol. The van der Waals surface area contributed by atoms with Crippen LogP contribution in [0.5, 0.6) is 0 Å². The Morgan fingerprint density at radius 3 is 2.57 bits per heavy atom. The maximum absolute atomic E-state index is 12.7. The molecule has 2 saturated heterocycles. The topological polar surface area (TPSA) is 70.6 Å². The lowest BCUT2D eigenvalue weighted by Gasteiger charge is -2.28. The van der Waals surface area contributed by atoms with E-state index >= 15 is 0 Å². The molecule has 0 saturated carbocycles. The van der Waals surface area contributed by atoms with Gasteiger partial charge in [-0.3, -0.25) is 9.78 Å². The first-order valence-electron chi connectivity index (χ1n) is 9.62. The highest BCUT2D eigenvalue weighted by Gasteiger charge is 2.51. The first-order chi connectivity index (χ1) is 13.4. The lowest BCUT2D eigenvalue weighted by atomic mass is 9.90. The largest absolute Gasteiger partial charge is 0.342 e. The summed E-state index contributed by atoms with van der Waals surface area (Å²) in [6.45, 7) is 1.73. The minimum Gasteiger partial charge on any atom is -0.342 e. The number of hydrogen-bond donors (Lipinski definition) is 0. The first kappa shape index (κ1) is 19.1. The van der Waals surface area contributed by atoms with Gasteiger partial charge in [0.2, 0.25) is 15.9 Å². The van der Waals surface area contributed by atoms with Gasteiger partial charge in [0, 0.05) is 44.4 Å². The molecule has 0 spiro atoms. The van der Waals surface area contributed by atoms with Crippen molar-refractivity contribution in [3.63, 3.8) is 0 Å². The molecular formula is C21H25N3O3S. The second-order valence-electron chi connectivity index (χ2n) is 7.77. The van der Waals surface area contributed by atoms with Gasteiger partial charge in [0.1, 0.15) is 0 Å². The molecule has 2 aliphatic heterocycles.